The predicted molar refractivity (Wildman–Crippen MR) is 159 cm³/mol. The van der Waals surface area contributed by atoms with Crippen LogP contribution in [0, 0.1) is 13.8 Å². The first-order chi connectivity index (χ1) is 19.6. The van der Waals surface area contributed by atoms with Gasteiger partial charge in [0.1, 0.15) is 12.4 Å². The van der Waals surface area contributed by atoms with Gasteiger partial charge in [0.25, 0.3) is 10.1 Å². The maximum Gasteiger partial charge on any atom is 0.306 e. The van der Waals surface area contributed by atoms with E-state index in [0.29, 0.717) is 26.0 Å². The standard InChI is InChI=1S/C32H37NO7S/c1-23-8-3-12-30(24(23)2)39-20-6-13-31(34)33-19-5-10-28-27(9-4-11-29(28)33)26-17-15-25(16-18-26)22-40-32(35)14-7-21-41(36,37)38/h3-4,8-9,11-12,15-18H,5-7,10,13-14,19-22H2,1-2H3,(H,36,37,38). The molecule has 1 aliphatic heterocycles. The van der Waals surface area contributed by atoms with Gasteiger partial charge >= 0.3 is 5.97 Å². The summed E-state index contributed by atoms with van der Waals surface area (Å²) in [6.45, 7) is 5.36. The summed E-state index contributed by atoms with van der Waals surface area (Å²) in [6.07, 6.45) is 2.76. The molecule has 1 amide bonds. The number of aryl methyl sites for hydroxylation is 1. The van der Waals surface area contributed by atoms with Crippen molar-refractivity contribution < 1.29 is 32.0 Å². The van der Waals surface area contributed by atoms with Crippen LogP contribution >= 0.6 is 0 Å². The highest BCUT2D eigenvalue weighted by molar-refractivity contribution is 7.85. The highest BCUT2D eigenvalue weighted by Gasteiger charge is 2.24. The van der Waals surface area contributed by atoms with Crippen molar-refractivity contribution in [3.05, 3.63) is 82.9 Å². The van der Waals surface area contributed by atoms with Crippen molar-refractivity contribution in [3.8, 4) is 16.9 Å². The van der Waals surface area contributed by atoms with Gasteiger partial charge in [0, 0.05) is 25.1 Å². The maximum atomic E-state index is 13.2. The second-order valence-corrected chi connectivity index (χ2v) is 11.9. The second-order valence-electron chi connectivity index (χ2n) is 10.3. The molecule has 218 valence electrons. The van der Waals surface area contributed by atoms with E-state index in [1.807, 2.05) is 60.4 Å². The highest BCUT2D eigenvalue weighted by atomic mass is 32.2. The molecule has 9 heteroatoms. The van der Waals surface area contributed by atoms with E-state index < -0.39 is 21.8 Å². The Morgan fingerprint density at radius 3 is 2.46 bits per heavy atom. The number of carbonyl (C=O) groups excluding carboxylic acids is 2. The summed E-state index contributed by atoms with van der Waals surface area (Å²) in [4.78, 5) is 27.0. The van der Waals surface area contributed by atoms with Crippen molar-refractivity contribution in [2.45, 2.75) is 59.0 Å². The molecule has 8 nitrogen and oxygen atoms in total. The molecule has 0 saturated carbocycles. The number of ether oxygens (including phenoxy) is 2. The number of hydrogen-bond acceptors (Lipinski definition) is 6. The Kier molecular flexibility index (Phi) is 10.2. The minimum atomic E-state index is -4.09. The average Bonchev–Trinajstić information content (AvgIpc) is 2.95. The first-order valence-electron chi connectivity index (χ1n) is 13.9. The molecule has 1 N–H and O–H groups in total. The number of nitrogens with zero attached hydrogens (tertiary/aromatic N) is 1. The van der Waals surface area contributed by atoms with E-state index in [2.05, 4.69) is 19.1 Å². The van der Waals surface area contributed by atoms with Crippen LogP contribution in [0.1, 0.15) is 54.4 Å². The lowest BCUT2D eigenvalue weighted by molar-refractivity contribution is -0.145. The lowest BCUT2D eigenvalue weighted by atomic mass is 9.91. The van der Waals surface area contributed by atoms with Gasteiger partial charge in [-0.25, -0.2) is 0 Å². The van der Waals surface area contributed by atoms with E-state index in [1.165, 1.54) is 5.56 Å². The van der Waals surface area contributed by atoms with Gasteiger partial charge in [0.15, 0.2) is 0 Å². The van der Waals surface area contributed by atoms with Crippen molar-refractivity contribution in [3.63, 3.8) is 0 Å². The van der Waals surface area contributed by atoms with Gasteiger partial charge in [-0.15, -0.1) is 0 Å². The van der Waals surface area contributed by atoms with Crippen LogP contribution in [0.25, 0.3) is 11.1 Å². The summed E-state index contributed by atoms with van der Waals surface area (Å²) < 4.78 is 41.5. The Labute approximate surface area is 242 Å². The summed E-state index contributed by atoms with van der Waals surface area (Å²) in [5, 5.41) is 0. The Hall–Kier alpha value is -3.69. The largest absolute Gasteiger partial charge is 0.493 e. The molecule has 41 heavy (non-hydrogen) atoms. The van der Waals surface area contributed by atoms with Crippen molar-refractivity contribution >= 4 is 27.7 Å². The molecule has 0 bridgehead atoms. The maximum absolute atomic E-state index is 13.2. The van der Waals surface area contributed by atoms with Gasteiger partial charge in [0.05, 0.1) is 12.4 Å². The van der Waals surface area contributed by atoms with E-state index in [-0.39, 0.29) is 25.4 Å². The number of anilines is 1. The fourth-order valence-electron chi connectivity index (χ4n) is 4.99. The zero-order chi connectivity index (χ0) is 29.4. The van der Waals surface area contributed by atoms with Crippen LogP contribution in [-0.2, 0) is 37.5 Å². The molecule has 1 heterocycles. The van der Waals surface area contributed by atoms with Crippen LogP contribution in [0.4, 0.5) is 5.69 Å². The molecule has 4 rings (SSSR count). The zero-order valence-electron chi connectivity index (χ0n) is 23.6. The Morgan fingerprint density at radius 1 is 0.951 bits per heavy atom. The Balaban J connectivity index is 1.34. The highest BCUT2D eigenvalue weighted by Crippen LogP contribution is 2.36. The summed E-state index contributed by atoms with van der Waals surface area (Å²) >= 11 is 0. The fourth-order valence-corrected chi connectivity index (χ4v) is 5.50. The van der Waals surface area contributed by atoms with E-state index in [4.69, 9.17) is 14.0 Å². The van der Waals surface area contributed by atoms with E-state index in [9.17, 15) is 18.0 Å². The molecule has 0 saturated heterocycles. The van der Waals surface area contributed by atoms with E-state index in [1.54, 1.807) is 0 Å². The molecule has 0 spiro atoms. The van der Waals surface area contributed by atoms with Gasteiger partial charge in [0.2, 0.25) is 5.91 Å². The lowest BCUT2D eigenvalue weighted by Gasteiger charge is -2.31. The third-order valence-corrected chi connectivity index (χ3v) is 8.15. The molecule has 1 aliphatic rings. The molecule has 0 aromatic heterocycles. The number of hydrogen-bond donors (Lipinski definition) is 1. The zero-order valence-corrected chi connectivity index (χ0v) is 24.4. The van der Waals surface area contributed by atoms with Crippen molar-refractivity contribution in [2.75, 3.05) is 23.8 Å². The number of esters is 1. The number of carbonyl (C=O) groups is 2. The summed E-state index contributed by atoms with van der Waals surface area (Å²) in [6, 6.07) is 19.8. The molecule has 3 aromatic rings. The molecular formula is C32H37NO7S. The summed E-state index contributed by atoms with van der Waals surface area (Å²) in [5.41, 5.74) is 7.31. The average molecular weight is 580 g/mol. The first-order valence-corrected chi connectivity index (χ1v) is 15.5. The smallest absolute Gasteiger partial charge is 0.306 e. The van der Waals surface area contributed by atoms with Crippen LogP contribution in [0.2, 0.25) is 0 Å². The topological polar surface area (TPSA) is 110 Å². The van der Waals surface area contributed by atoms with E-state index in [0.717, 1.165) is 52.1 Å². The fraction of sp³-hybridized carbons (Fsp3) is 0.375. The van der Waals surface area contributed by atoms with Gasteiger partial charge in [-0.1, -0.05) is 48.5 Å². The van der Waals surface area contributed by atoms with Crippen LogP contribution < -0.4 is 9.64 Å². The van der Waals surface area contributed by atoms with Gasteiger partial charge in [-0.2, -0.15) is 8.42 Å². The van der Waals surface area contributed by atoms with Crippen molar-refractivity contribution in [1.82, 2.24) is 0 Å². The number of amides is 1. The third-order valence-electron chi connectivity index (χ3n) is 7.35. The summed E-state index contributed by atoms with van der Waals surface area (Å²) in [5.74, 6) is -0.0215. The predicted octanol–water partition coefficient (Wildman–Crippen LogP) is 5.82. The van der Waals surface area contributed by atoms with Crippen LogP contribution in [-0.4, -0.2) is 43.8 Å². The van der Waals surface area contributed by atoms with Gasteiger partial charge in [-0.3, -0.25) is 14.1 Å². The second kappa shape index (κ2) is 13.8. The van der Waals surface area contributed by atoms with Crippen LogP contribution in [0.5, 0.6) is 5.75 Å². The number of benzene rings is 3. The monoisotopic (exact) mass is 579 g/mol. The van der Waals surface area contributed by atoms with Crippen LogP contribution in [0.15, 0.2) is 60.7 Å². The lowest BCUT2D eigenvalue weighted by Crippen LogP contribution is -2.35. The van der Waals surface area contributed by atoms with E-state index >= 15 is 0 Å². The summed E-state index contributed by atoms with van der Waals surface area (Å²) in [7, 11) is -4.09. The first kappa shape index (κ1) is 30.3. The Morgan fingerprint density at radius 2 is 1.71 bits per heavy atom. The molecule has 0 fully saturated rings. The van der Waals surface area contributed by atoms with Crippen LogP contribution in [0.3, 0.4) is 0 Å². The molecule has 3 aromatic carbocycles. The van der Waals surface area contributed by atoms with Gasteiger partial charge < -0.3 is 14.4 Å². The van der Waals surface area contributed by atoms with Crippen molar-refractivity contribution in [2.24, 2.45) is 0 Å². The Bertz CT molecular complexity index is 1480. The number of fused-ring (bicyclic) bond motifs is 1. The molecule has 0 aliphatic carbocycles. The number of rotatable bonds is 12. The van der Waals surface area contributed by atoms with Gasteiger partial charge in [-0.05, 0) is 85.0 Å². The molecule has 0 unspecified atom stereocenters. The quantitative estimate of drug-likeness (QED) is 0.164. The molecule has 0 atom stereocenters. The van der Waals surface area contributed by atoms with Crippen molar-refractivity contribution in [1.29, 1.82) is 0 Å². The third kappa shape index (κ3) is 8.41. The normalized spacial score (nSPS) is 13.0. The minimum Gasteiger partial charge on any atom is -0.493 e. The minimum absolute atomic E-state index is 0.0100. The molecular weight excluding hydrogens is 542 g/mol. The SMILES string of the molecule is Cc1cccc(OCCCC(=O)N2CCCc3c(-c4ccc(COC(=O)CCCS(=O)(=O)O)cc4)cccc32)c1C. The molecule has 0 radical (unpaired) electrons.